The third-order valence-corrected chi connectivity index (χ3v) is 7.38. The summed E-state index contributed by atoms with van der Waals surface area (Å²) >= 11 is 0. The number of nitrogens with one attached hydrogen (secondary N) is 2. The van der Waals surface area contributed by atoms with Gasteiger partial charge in [0.2, 0.25) is 10.0 Å². The summed E-state index contributed by atoms with van der Waals surface area (Å²) in [6.45, 7) is 1.33. The molecule has 27 heavy (non-hydrogen) atoms. The van der Waals surface area contributed by atoms with E-state index in [0.29, 0.717) is 43.9 Å². The number of methoxy groups -OCH3 is 1. The van der Waals surface area contributed by atoms with Crippen LogP contribution in [0.5, 0.6) is 5.75 Å². The highest BCUT2D eigenvalue weighted by atomic mass is 32.2. The Bertz CT molecular complexity index is 782. The van der Waals surface area contributed by atoms with Crippen LogP contribution in [0, 0.1) is 5.92 Å². The molecule has 9 heteroatoms. The quantitative estimate of drug-likeness (QED) is 0.698. The van der Waals surface area contributed by atoms with E-state index in [2.05, 4.69) is 10.6 Å². The number of benzene rings is 1. The van der Waals surface area contributed by atoms with E-state index in [1.165, 1.54) is 0 Å². The summed E-state index contributed by atoms with van der Waals surface area (Å²) in [5, 5.41) is 4.99. The topological polar surface area (TPSA) is 105 Å². The molecule has 2 amide bonds. The van der Waals surface area contributed by atoms with Gasteiger partial charge < -0.3 is 15.4 Å². The molecule has 0 aromatic heterocycles. The maximum absolute atomic E-state index is 12.2. The zero-order valence-electron chi connectivity index (χ0n) is 15.3. The van der Waals surface area contributed by atoms with E-state index >= 15 is 0 Å². The molecule has 1 aliphatic carbocycles. The number of carbonyl (C=O) groups excluding carboxylic acids is 2. The maximum Gasteiger partial charge on any atom is 0.313 e. The average Bonchev–Trinajstić information content (AvgIpc) is 3.53. The SMILES string of the molecule is COc1ccc(NC(=O)C(=O)NCC2CCN(S(=O)(=O)C3CC3)CC2)cc1. The van der Waals surface area contributed by atoms with Crippen LogP contribution in [-0.2, 0) is 19.6 Å². The number of hydrogen-bond donors (Lipinski definition) is 2. The summed E-state index contributed by atoms with van der Waals surface area (Å²) in [5.74, 6) is -0.589. The van der Waals surface area contributed by atoms with Crippen molar-refractivity contribution >= 4 is 27.5 Å². The first kappa shape index (κ1) is 19.6. The van der Waals surface area contributed by atoms with Gasteiger partial charge in [-0.05, 0) is 55.9 Å². The Kier molecular flexibility index (Phi) is 6.01. The number of rotatable bonds is 6. The van der Waals surface area contributed by atoms with Crippen LogP contribution in [0.15, 0.2) is 24.3 Å². The Balaban J connectivity index is 1.40. The minimum absolute atomic E-state index is 0.174. The second kappa shape index (κ2) is 8.26. The Morgan fingerprint density at radius 1 is 1.07 bits per heavy atom. The largest absolute Gasteiger partial charge is 0.497 e. The molecule has 0 spiro atoms. The lowest BCUT2D eigenvalue weighted by atomic mass is 9.98. The number of piperidine rings is 1. The second-order valence-corrected chi connectivity index (χ2v) is 9.19. The third-order valence-electron chi connectivity index (χ3n) is 4.98. The minimum atomic E-state index is -3.12. The lowest BCUT2D eigenvalue weighted by molar-refractivity contribution is -0.136. The Morgan fingerprint density at radius 3 is 2.26 bits per heavy atom. The van der Waals surface area contributed by atoms with Gasteiger partial charge in [0, 0.05) is 25.3 Å². The van der Waals surface area contributed by atoms with Gasteiger partial charge in [0.1, 0.15) is 5.75 Å². The fraction of sp³-hybridized carbons (Fsp3) is 0.556. The highest BCUT2D eigenvalue weighted by molar-refractivity contribution is 7.90. The van der Waals surface area contributed by atoms with Crippen molar-refractivity contribution in [3.05, 3.63) is 24.3 Å². The molecule has 3 rings (SSSR count). The van der Waals surface area contributed by atoms with Gasteiger partial charge in [-0.25, -0.2) is 12.7 Å². The van der Waals surface area contributed by atoms with Crippen molar-refractivity contribution in [2.75, 3.05) is 32.1 Å². The monoisotopic (exact) mass is 395 g/mol. The van der Waals surface area contributed by atoms with Crippen molar-refractivity contribution in [2.45, 2.75) is 30.9 Å². The van der Waals surface area contributed by atoms with Gasteiger partial charge in [-0.3, -0.25) is 9.59 Å². The first-order chi connectivity index (χ1) is 12.9. The fourth-order valence-electron chi connectivity index (χ4n) is 3.12. The molecule has 0 radical (unpaired) electrons. The van der Waals surface area contributed by atoms with Crippen LogP contribution in [0.4, 0.5) is 5.69 Å². The third kappa shape index (κ3) is 4.98. The molecule has 1 heterocycles. The van der Waals surface area contributed by atoms with E-state index in [4.69, 9.17) is 4.74 Å². The van der Waals surface area contributed by atoms with Crippen LogP contribution in [0.25, 0.3) is 0 Å². The summed E-state index contributed by atoms with van der Waals surface area (Å²) in [6, 6.07) is 6.69. The van der Waals surface area contributed by atoms with Gasteiger partial charge in [0.15, 0.2) is 0 Å². The normalized spacial score (nSPS) is 18.7. The Hall–Kier alpha value is -2.13. The molecule has 1 aliphatic heterocycles. The standard InChI is InChI=1S/C18H25N3O5S/c1-26-15-4-2-14(3-5-15)20-18(23)17(22)19-12-13-8-10-21(11-9-13)27(24,25)16-6-7-16/h2-5,13,16H,6-12H2,1H3,(H,19,22)(H,20,23). The van der Waals surface area contributed by atoms with Crippen molar-refractivity contribution < 1.29 is 22.7 Å². The molecule has 1 saturated carbocycles. The van der Waals surface area contributed by atoms with E-state index in [1.54, 1.807) is 35.7 Å². The molecule has 1 aromatic carbocycles. The van der Waals surface area contributed by atoms with Crippen molar-refractivity contribution in [1.82, 2.24) is 9.62 Å². The molecule has 0 unspecified atom stereocenters. The Morgan fingerprint density at radius 2 is 1.70 bits per heavy atom. The van der Waals surface area contributed by atoms with Crippen LogP contribution in [-0.4, -0.2) is 56.5 Å². The minimum Gasteiger partial charge on any atom is -0.497 e. The summed E-state index contributed by atoms with van der Waals surface area (Å²) < 4.78 is 31.0. The lowest BCUT2D eigenvalue weighted by Crippen LogP contribution is -2.44. The lowest BCUT2D eigenvalue weighted by Gasteiger charge is -2.31. The molecule has 1 aromatic rings. The van der Waals surface area contributed by atoms with E-state index in [-0.39, 0.29) is 11.2 Å². The highest BCUT2D eigenvalue weighted by Gasteiger charge is 2.41. The molecule has 2 aliphatic rings. The molecule has 2 fully saturated rings. The van der Waals surface area contributed by atoms with Crippen LogP contribution in [0.3, 0.4) is 0 Å². The predicted octanol–water partition coefficient (Wildman–Crippen LogP) is 0.954. The summed E-state index contributed by atoms with van der Waals surface area (Å²) in [4.78, 5) is 23.9. The number of amides is 2. The number of carbonyl (C=O) groups is 2. The first-order valence-electron chi connectivity index (χ1n) is 9.12. The van der Waals surface area contributed by atoms with Crippen molar-refractivity contribution in [3.8, 4) is 5.75 Å². The molecule has 0 bridgehead atoms. The zero-order valence-corrected chi connectivity index (χ0v) is 16.1. The number of nitrogens with zero attached hydrogens (tertiary/aromatic N) is 1. The molecular formula is C18H25N3O5S. The average molecular weight is 395 g/mol. The smallest absolute Gasteiger partial charge is 0.313 e. The molecule has 2 N–H and O–H groups in total. The van der Waals surface area contributed by atoms with Gasteiger partial charge in [0.05, 0.1) is 12.4 Å². The molecule has 8 nitrogen and oxygen atoms in total. The van der Waals surface area contributed by atoms with Crippen LogP contribution < -0.4 is 15.4 Å². The zero-order chi connectivity index (χ0) is 19.4. The van der Waals surface area contributed by atoms with E-state index < -0.39 is 21.8 Å². The van der Waals surface area contributed by atoms with Crippen LogP contribution >= 0.6 is 0 Å². The summed E-state index contributed by atoms with van der Waals surface area (Å²) in [7, 11) is -1.58. The highest BCUT2D eigenvalue weighted by Crippen LogP contribution is 2.33. The molecular weight excluding hydrogens is 370 g/mol. The van der Waals surface area contributed by atoms with Crippen molar-refractivity contribution in [1.29, 1.82) is 0 Å². The molecule has 1 saturated heterocycles. The van der Waals surface area contributed by atoms with Gasteiger partial charge in [0.25, 0.3) is 0 Å². The number of sulfonamides is 1. The van der Waals surface area contributed by atoms with Crippen LogP contribution in [0.1, 0.15) is 25.7 Å². The fourth-order valence-corrected chi connectivity index (χ4v) is 5.00. The number of hydrogen-bond acceptors (Lipinski definition) is 5. The predicted molar refractivity (Wildman–Crippen MR) is 101 cm³/mol. The summed E-state index contributed by atoms with van der Waals surface area (Å²) in [5.41, 5.74) is 0.509. The maximum atomic E-state index is 12.2. The van der Waals surface area contributed by atoms with Crippen molar-refractivity contribution in [3.63, 3.8) is 0 Å². The van der Waals surface area contributed by atoms with Gasteiger partial charge in [-0.15, -0.1) is 0 Å². The number of ether oxygens (including phenoxy) is 1. The molecule has 0 atom stereocenters. The molecule has 148 valence electrons. The number of anilines is 1. The van der Waals surface area contributed by atoms with Gasteiger partial charge in [-0.1, -0.05) is 0 Å². The van der Waals surface area contributed by atoms with Gasteiger partial charge in [-0.2, -0.15) is 0 Å². The first-order valence-corrected chi connectivity index (χ1v) is 10.6. The second-order valence-electron chi connectivity index (χ2n) is 6.98. The summed E-state index contributed by atoms with van der Waals surface area (Å²) in [6.07, 6.45) is 2.90. The van der Waals surface area contributed by atoms with Crippen LogP contribution in [0.2, 0.25) is 0 Å². The Labute approximate surface area is 159 Å². The van der Waals surface area contributed by atoms with E-state index in [1.807, 2.05) is 0 Å². The van der Waals surface area contributed by atoms with Crippen molar-refractivity contribution in [2.24, 2.45) is 5.92 Å². The van der Waals surface area contributed by atoms with E-state index in [0.717, 1.165) is 12.8 Å². The van der Waals surface area contributed by atoms with E-state index in [9.17, 15) is 18.0 Å². The van der Waals surface area contributed by atoms with Gasteiger partial charge >= 0.3 is 11.8 Å².